The van der Waals surface area contributed by atoms with E-state index in [2.05, 4.69) is 4.99 Å². The average molecular weight is 365 g/mol. The number of rotatable bonds is 5. The molecule has 0 bridgehead atoms. The van der Waals surface area contributed by atoms with E-state index in [1.54, 1.807) is 7.11 Å². The molecule has 1 heterocycles. The molecule has 0 saturated carbocycles. The van der Waals surface area contributed by atoms with Crippen molar-refractivity contribution in [2.45, 2.75) is 26.8 Å². The number of fused-ring (bicyclic) bond motifs is 1. The van der Waals surface area contributed by atoms with Crippen LogP contribution in [0.1, 0.15) is 19.4 Å². The maximum atomic E-state index is 11.6. The van der Waals surface area contributed by atoms with E-state index in [4.69, 9.17) is 9.15 Å². The van der Waals surface area contributed by atoms with Crippen LogP contribution < -0.4 is 10.1 Å². The molecule has 0 aliphatic rings. The number of carboxylic acid groups (broad SMARTS) is 1. The Kier molecular flexibility index (Phi) is 5.31. The van der Waals surface area contributed by atoms with Crippen LogP contribution in [0.2, 0.25) is 0 Å². The number of aryl methyl sites for hydroxylation is 1. The fourth-order valence-electron chi connectivity index (χ4n) is 2.93. The van der Waals surface area contributed by atoms with E-state index in [0.717, 1.165) is 22.3 Å². The minimum atomic E-state index is -0.933. The van der Waals surface area contributed by atoms with Gasteiger partial charge in [0.15, 0.2) is 0 Å². The summed E-state index contributed by atoms with van der Waals surface area (Å²) in [5.74, 6) is 0.327. The van der Waals surface area contributed by atoms with Gasteiger partial charge < -0.3 is 14.3 Å². The van der Waals surface area contributed by atoms with Gasteiger partial charge in [-0.1, -0.05) is 25.5 Å². The Morgan fingerprint density at radius 1 is 1.11 bits per heavy atom. The van der Waals surface area contributed by atoms with Crippen molar-refractivity contribution >= 4 is 16.9 Å². The zero-order chi connectivity index (χ0) is 19.6. The highest BCUT2D eigenvalue weighted by molar-refractivity contribution is 5.80. The van der Waals surface area contributed by atoms with Crippen molar-refractivity contribution in [2.75, 3.05) is 7.11 Å². The van der Waals surface area contributed by atoms with Crippen molar-refractivity contribution in [3.63, 3.8) is 0 Å². The monoisotopic (exact) mass is 365 g/mol. The van der Waals surface area contributed by atoms with Crippen LogP contribution in [-0.2, 0) is 4.79 Å². The predicted octanol–water partition coefficient (Wildman–Crippen LogP) is 4.43. The van der Waals surface area contributed by atoms with Gasteiger partial charge in [-0.3, -0.25) is 4.99 Å². The summed E-state index contributed by atoms with van der Waals surface area (Å²) >= 11 is 0. The van der Waals surface area contributed by atoms with E-state index in [0.29, 0.717) is 16.7 Å². The number of carbonyl (C=O) groups is 1. The summed E-state index contributed by atoms with van der Waals surface area (Å²) in [5, 5.41) is 11.0. The van der Waals surface area contributed by atoms with Gasteiger partial charge in [-0.15, -0.1) is 0 Å². The van der Waals surface area contributed by atoms with Crippen LogP contribution in [0.5, 0.6) is 5.75 Å². The molecule has 5 nitrogen and oxygen atoms in total. The molecule has 0 unspecified atom stereocenters. The number of carboxylic acids is 1. The van der Waals surface area contributed by atoms with Gasteiger partial charge in [-0.2, -0.15) is 0 Å². The van der Waals surface area contributed by atoms with Crippen molar-refractivity contribution in [3.05, 3.63) is 59.5 Å². The third kappa shape index (κ3) is 4.03. The lowest BCUT2D eigenvalue weighted by atomic mass is 10.0. The summed E-state index contributed by atoms with van der Waals surface area (Å²) in [6.07, 6.45) is 0. The van der Waals surface area contributed by atoms with Gasteiger partial charge in [0.25, 0.3) is 0 Å². The van der Waals surface area contributed by atoms with Gasteiger partial charge in [-0.25, -0.2) is 4.79 Å². The molecule has 5 heteroatoms. The molecule has 1 atom stereocenters. The number of aliphatic carboxylic acids is 1. The number of hydrogen-bond donors (Lipinski definition) is 1. The molecule has 140 valence electrons. The summed E-state index contributed by atoms with van der Waals surface area (Å²) in [6.45, 7) is 5.69. The van der Waals surface area contributed by atoms with Crippen molar-refractivity contribution in [1.29, 1.82) is 0 Å². The quantitative estimate of drug-likeness (QED) is 0.726. The zero-order valence-corrected chi connectivity index (χ0v) is 15.9. The Morgan fingerprint density at radius 2 is 1.81 bits per heavy atom. The second kappa shape index (κ2) is 7.66. The normalized spacial score (nSPS) is 13.1. The molecular formula is C22H23NO4. The highest BCUT2D eigenvalue weighted by Gasteiger charge is 2.20. The molecule has 1 N–H and O–H groups in total. The summed E-state index contributed by atoms with van der Waals surface area (Å²) in [6, 6.07) is 14.3. The fraction of sp³-hybridized carbons (Fsp3) is 0.273. The summed E-state index contributed by atoms with van der Waals surface area (Å²) < 4.78 is 11.3. The molecule has 0 amide bonds. The lowest BCUT2D eigenvalue weighted by Gasteiger charge is -2.12. The fourth-order valence-corrected chi connectivity index (χ4v) is 2.93. The Morgan fingerprint density at radius 3 is 2.41 bits per heavy atom. The first-order valence-electron chi connectivity index (χ1n) is 8.84. The third-order valence-electron chi connectivity index (χ3n) is 4.44. The largest absolute Gasteiger partial charge is 0.497 e. The number of nitrogens with zero attached hydrogens (tertiary/aromatic N) is 1. The first kappa shape index (κ1) is 18.7. The highest BCUT2D eigenvalue weighted by atomic mass is 16.5. The predicted molar refractivity (Wildman–Crippen MR) is 105 cm³/mol. The first-order valence-corrected chi connectivity index (χ1v) is 8.84. The van der Waals surface area contributed by atoms with E-state index in [1.807, 2.05) is 69.3 Å². The van der Waals surface area contributed by atoms with Gasteiger partial charge in [0.2, 0.25) is 0 Å². The van der Waals surface area contributed by atoms with Crippen LogP contribution in [0.4, 0.5) is 0 Å². The van der Waals surface area contributed by atoms with Crippen LogP contribution in [0.25, 0.3) is 22.3 Å². The van der Waals surface area contributed by atoms with E-state index in [1.165, 1.54) is 0 Å². The summed E-state index contributed by atoms with van der Waals surface area (Å²) in [4.78, 5) is 16.2. The van der Waals surface area contributed by atoms with Crippen LogP contribution in [0.15, 0.2) is 57.9 Å². The number of methoxy groups -OCH3 is 1. The van der Waals surface area contributed by atoms with Crippen molar-refractivity contribution in [3.8, 4) is 17.1 Å². The molecular weight excluding hydrogens is 342 g/mol. The molecule has 0 fully saturated rings. The Labute approximate surface area is 157 Å². The molecule has 1 aromatic heterocycles. The van der Waals surface area contributed by atoms with E-state index in [-0.39, 0.29) is 5.92 Å². The van der Waals surface area contributed by atoms with Crippen molar-refractivity contribution in [2.24, 2.45) is 10.9 Å². The molecule has 3 rings (SSSR count). The van der Waals surface area contributed by atoms with Gasteiger partial charge in [0.05, 0.1) is 12.5 Å². The number of hydrogen-bond acceptors (Lipinski definition) is 4. The number of benzene rings is 2. The van der Waals surface area contributed by atoms with Crippen LogP contribution in [0.3, 0.4) is 0 Å². The molecule has 3 aromatic rings. The molecule has 0 aliphatic carbocycles. The van der Waals surface area contributed by atoms with E-state index >= 15 is 0 Å². The van der Waals surface area contributed by atoms with Gasteiger partial charge in [0.1, 0.15) is 23.1 Å². The third-order valence-corrected chi connectivity index (χ3v) is 4.44. The van der Waals surface area contributed by atoms with Gasteiger partial charge >= 0.3 is 5.97 Å². The maximum Gasteiger partial charge on any atom is 0.328 e. The van der Waals surface area contributed by atoms with Gasteiger partial charge in [-0.05, 0) is 49.2 Å². The average Bonchev–Trinajstić information content (AvgIpc) is 2.65. The second-order valence-electron chi connectivity index (χ2n) is 6.88. The molecule has 0 spiro atoms. The summed E-state index contributed by atoms with van der Waals surface area (Å²) in [5.41, 5.74) is 2.59. The highest BCUT2D eigenvalue weighted by Crippen LogP contribution is 2.25. The molecule has 27 heavy (non-hydrogen) atoms. The molecule has 2 aromatic carbocycles. The van der Waals surface area contributed by atoms with Crippen LogP contribution in [0, 0.1) is 12.8 Å². The van der Waals surface area contributed by atoms with Crippen LogP contribution >= 0.6 is 0 Å². The van der Waals surface area contributed by atoms with Crippen molar-refractivity contribution < 1.29 is 19.1 Å². The van der Waals surface area contributed by atoms with Crippen molar-refractivity contribution in [1.82, 2.24) is 0 Å². The second-order valence-corrected chi connectivity index (χ2v) is 6.88. The molecule has 0 radical (unpaired) electrons. The lowest BCUT2D eigenvalue weighted by molar-refractivity contribution is -0.139. The summed E-state index contributed by atoms with van der Waals surface area (Å²) in [7, 11) is 1.62. The van der Waals surface area contributed by atoms with Crippen LogP contribution in [-0.4, -0.2) is 24.2 Å². The molecule has 0 saturated heterocycles. The molecule has 0 aliphatic heterocycles. The van der Waals surface area contributed by atoms with E-state index < -0.39 is 12.0 Å². The Hall–Kier alpha value is -3.08. The zero-order valence-electron chi connectivity index (χ0n) is 15.9. The SMILES string of the molecule is COc1ccc(-c2cc(=N[C@@H](C(=O)O)C(C)C)c3cc(C)ccc3o2)cc1. The smallest absolute Gasteiger partial charge is 0.328 e. The van der Waals surface area contributed by atoms with Gasteiger partial charge in [0, 0.05) is 17.0 Å². The maximum absolute atomic E-state index is 11.6. The first-order chi connectivity index (χ1) is 12.9. The Bertz CT molecular complexity index is 1030. The minimum Gasteiger partial charge on any atom is -0.497 e. The minimum absolute atomic E-state index is 0.121. The Balaban J connectivity index is 2.26. The lowest BCUT2D eigenvalue weighted by Crippen LogP contribution is -2.27. The standard InChI is InChI=1S/C22H23NO4/c1-13(2)21(22(24)25)23-18-12-20(15-6-8-16(26-4)9-7-15)27-19-10-5-14(3)11-17(18)19/h5-13,21H,1-4H3,(H,24,25)/t21-/m1/s1. The van der Waals surface area contributed by atoms with E-state index in [9.17, 15) is 9.90 Å². The topological polar surface area (TPSA) is 72.0 Å². The number of ether oxygens (including phenoxy) is 1.